The Morgan fingerprint density at radius 1 is 0.857 bits per heavy atom. The van der Waals surface area contributed by atoms with Gasteiger partial charge in [0.05, 0.1) is 5.78 Å². The summed E-state index contributed by atoms with van der Waals surface area (Å²) in [6.07, 6.45) is 0.872. The molecule has 0 aromatic heterocycles. The Labute approximate surface area is 168 Å². The maximum atomic E-state index is 14.8. The summed E-state index contributed by atoms with van der Waals surface area (Å²) in [6, 6.07) is 26.4. The van der Waals surface area contributed by atoms with Crippen LogP contribution < -0.4 is 15.9 Å². The van der Waals surface area contributed by atoms with Crippen LogP contribution >= 0.6 is 7.14 Å². The quantitative estimate of drug-likeness (QED) is 0.564. The first-order valence-electron chi connectivity index (χ1n) is 10.1. The van der Waals surface area contributed by atoms with Gasteiger partial charge in [0, 0.05) is 16.3 Å². The monoisotopic (exact) mass is 389 g/mol. The first-order valence-corrected chi connectivity index (χ1v) is 11.9. The molecular formula is C25H28NOP. The molecule has 144 valence electrons. The van der Waals surface area contributed by atoms with Gasteiger partial charge in [-0.2, -0.15) is 0 Å². The van der Waals surface area contributed by atoms with Crippen LogP contribution in [0.15, 0.2) is 78.9 Å². The highest BCUT2D eigenvalue weighted by atomic mass is 31.2. The minimum Gasteiger partial charge on any atom is -0.375 e. The third-order valence-corrected chi connectivity index (χ3v) is 9.37. The Kier molecular flexibility index (Phi) is 5.17. The van der Waals surface area contributed by atoms with E-state index in [-0.39, 0.29) is 5.78 Å². The number of nitrogens with one attached hydrogen (secondary N) is 1. The molecular weight excluding hydrogens is 361 g/mol. The molecule has 28 heavy (non-hydrogen) atoms. The Bertz CT molecular complexity index is 954. The molecule has 1 heterocycles. The molecule has 0 aliphatic carbocycles. The summed E-state index contributed by atoms with van der Waals surface area (Å²) in [5.41, 5.74) is 3.85. The lowest BCUT2D eigenvalue weighted by molar-refractivity contribution is 0.451. The van der Waals surface area contributed by atoms with Gasteiger partial charge in [-0.05, 0) is 42.4 Å². The van der Waals surface area contributed by atoms with Gasteiger partial charge >= 0.3 is 0 Å². The van der Waals surface area contributed by atoms with Crippen molar-refractivity contribution in [3.05, 3.63) is 90.0 Å². The van der Waals surface area contributed by atoms with E-state index < -0.39 is 7.14 Å². The first-order chi connectivity index (χ1) is 13.5. The molecule has 0 spiro atoms. The Morgan fingerprint density at radius 2 is 1.43 bits per heavy atom. The van der Waals surface area contributed by atoms with Gasteiger partial charge in [0.25, 0.3) is 0 Å². The zero-order valence-corrected chi connectivity index (χ0v) is 17.7. The standard InChI is InChI=1S/C25H28NOP/c1-18(2)22-17-24(26-23-16-10-11-19(3)25(22)23)28(27,20-12-6-4-7-13-20)21-14-8-5-9-15-21/h4-16,18,22,24,26H,17H2,1-3H3. The van der Waals surface area contributed by atoms with Crippen molar-refractivity contribution >= 4 is 23.4 Å². The second-order valence-corrected chi connectivity index (χ2v) is 11.1. The summed E-state index contributed by atoms with van der Waals surface area (Å²) in [7, 11) is -2.86. The molecule has 3 heteroatoms. The van der Waals surface area contributed by atoms with E-state index in [4.69, 9.17) is 0 Å². The lowest BCUT2D eigenvalue weighted by atomic mass is 9.80. The topological polar surface area (TPSA) is 29.1 Å². The zero-order valence-electron chi connectivity index (χ0n) is 16.8. The molecule has 2 nitrogen and oxygen atoms in total. The van der Waals surface area contributed by atoms with Gasteiger partial charge in [-0.25, -0.2) is 0 Å². The summed E-state index contributed by atoms with van der Waals surface area (Å²) in [5, 5.41) is 5.55. The van der Waals surface area contributed by atoms with Gasteiger partial charge in [0.2, 0.25) is 0 Å². The molecule has 4 rings (SSSR count). The first kappa shape index (κ1) is 19.0. The van der Waals surface area contributed by atoms with Crippen molar-refractivity contribution in [2.75, 3.05) is 5.32 Å². The van der Waals surface area contributed by atoms with Crippen LogP contribution in [-0.2, 0) is 4.57 Å². The van der Waals surface area contributed by atoms with Crippen LogP contribution in [0.1, 0.15) is 37.3 Å². The van der Waals surface area contributed by atoms with Gasteiger partial charge in [-0.3, -0.25) is 0 Å². The van der Waals surface area contributed by atoms with Crippen molar-refractivity contribution in [3.8, 4) is 0 Å². The predicted octanol–water partition coefficient (Wildman–Crippen LogP) is 5.89. The van der Waals surface area contributed by atoms with Crippen LogP contribution in [0.3, 0.4) is 0 Å². The van der Waals surface area contributed by atoms with Crippen molar-refractivity contribution in [2.45, 2.75) is 38.9 Å². The summed E-state index contributed by atoms with van der Waals surface area (Å²) in [4.78, 5) is 0. The van der Waals surface area contributed by atoms with Gasteiger partial charge in [0.1, 0.15) is 0 Å². The predicted molar refractivity (Wildman–Crippen MR) is 121 cm³/mol. The van der Waals surface area contributed by atoms with Crippen LogP contribution in [0.5, 0.6) is 0 Å². The maximum Gasteiger partial charge on any atom is 0.164 e. The van der Waals surface area contributed by atoms with Crippen LogP contribution in [-0.4, -0.2) is 5.78 Å². The van der Waals surface area contributed by atoms with Crippen molar-refractivity contribution in [1.82, 2.24) is 0 Å². The fourth-order valence-electron chi connectivity index (χ4n) is 4.55. The fraction of sp³-hybridized carbons (Fsp3) is 0.280. The van der Waals surface area contributed by atoms with Gasteiger partial charge in [0.15, 0.2) is 7.14 Å². The molecule has 0 saturated heterocycles. The number of fused-ring (bicyclic) bond motifs is 1. The molecule has 1 aliphatic rings. The van der Waals surface area contributed by atoms with E-state index in [0.717, 1.165) is 22.7 Å². The summed E-state index contributed by atoms with van der Waals surface area (Å²) >= 11 is 0. The van der Waals surface area contributed by atoms with E-state index in [1.807, 2.05) is 60.7 Å². The maximum absolute atomic E-state index is 14.8. The average Bonchev–Trinajstić information content (AvgIpc) is 2.73. The number of rotatable bonds is 4. The van der Waals surface area contributed by atoms with E-state index in [2.05, 4.69) is 44.3 Å². The molecule has 0 fully saturated rings. The van der Waals surface area contributed by atoms with Crippen molar-refractivity contribution < 1.29 is 4.57 Å². The lowest BCUT2D eigenvalue weighted by Gasteiger charge is -2.40. The highest BCUT2D eigenvalue weighted by Gasteiger charge is 2.42. The van der Waals surface area contributed by atoms with Gasteiger partial charge in [-0.1, -0.05) is 86.6 Å². The van der Waals surface area contributed by atoms with Crippen LogP contribution in [0.2, 0.25) is 0 Å². The number of anilines is 1. The van der Waals surface area contributed by atoms with Gasteiger partial charge < -0.3 is 9.88 Å². The second kappa shape index (κ2) is 7.60. The largest absolute Gasteiger partial charge is 0.375 e. The van der Waals surface area contributed by atoms with E-state index in [1.54, 1.807) is 0 Å². The van der Waals surface area contributed by atoms with Gasteiger partial charge in [-0.15, -0.1) is 0 Å². The minimum absolute atomic E-state index is 0.112. The molecule has 3 aromatic rings. The Balaban J connectivity index is 1.88. The van der Waals surface area contributed by atoms with E-state index in [0.29, 0.717) is 11.8 Å². The number of benzene rings is 3. The van der Waals surface area contributed by atoms with Crippen LogP contribution in [0, 0.1) is 12.8 Å². The van der Waals surface area contributed by atoms with E-state index >= 15 is 0 Å². The molecule has 0 bridgehead atoms. The molecule has 0 amide bonds. The Morgan fingerprint density at radius 3 is 1.96 bits per heavy atom. The lowest BCUT2D eigenvalue weighted by Crippen LogP contribution is -2.37. The average molecular weight is 389 g/mol. The molecule has 2 atom stereocenters. The van der Waals surface area contributed by atoms with E-state index in [1.165, 1.54) is 11.1 Å². The number of hydrogen-bond acceptors (Lipinski definition) is 2. The number of hydrogen-bond donors (Lipinski definition) is 1. The van der Waals surface area contributed by atoms with Crippen LogP contribution in [0.4, 0.5) is 5.69 Å². The molecule has 1 N–H and O–H groups in total. The fourth-order valence-corrected chi connectivity index (χ4v) is 7.64. The number of aryl methyl sites for hydroxylation is 1. The third kappa shape index (κ3) is 3.20. The van der Waals surface area contributed by atoms with Crippen molar-refractivity contribution in [2.24, 2.45) is 5.92 Å². The molecule has 0 radical (unpaired) electrons. The highest BCUT2D eigenvalue weighted by molar-refractivity contribution is 7.79. The third-order valence-electron chi connectivity index (χ3n) is 6.02. The SMILES string of the molecule is Cc1cccc2c1C(C(C)C)CC(P(=O)(c1ccccc1)c1ccccc1)N2. The molecule has 2 unspecified atom stereocenters. The second-order valence-electron chi connectivity index (χ2n) is 8.11. The summed E-state index contributed by atoms with van der Waals surface area (Å²) in [6.45, 7) is 6.74. The van der Waals surface area contributed by atoms with Crippen molar-refractivity contribution in [3.63, 3.8) is 0 Å². The van der Waals surface area contributed by atoms with Crippen LogP contribution in [0.25, 0.3) is 0 Å². The highest BCUT2D eigenvalue weighted by Crippen LogP contribution is 2.55. The minimum atomic E-state index is -2.86. The molecule has 3 aromatic carbocycles. The molecule has 1 aliphatic heterocycles. The van der Waals surface area contributed by atoms with Crippen molar-refractivity contribution in [1.29, 1.82) is 0 Å². The summed E-state index contributed by atoms with van der Waals surface area (Å²) in [5.74, 6) is 0.770. The smallest absolute Gasteiger partial charge is 0.164 e. The normalized spacial score (nSPS) is 19.1. The zero-order chi connectivity index (χ0) is 19.7. The Hall–Kier alpha value is -2.31. The molecule has 0 saturated carbocycles. The summed E-state index contributed by atoms with van der Waals surface area (Å²) < 4.78 is 14.8. The van der Waals surface area contributed by atoms with E-state index in [9.17, 15) is 4.57 Å².